The molecule has 3 heteroatoms. The smallest absolute Gasteiger partial charge is 0.0303 e. The second kappa shape index (κ2) is 6.87. The summed E-state index contributed by atoms with van der Waals surface area (Å²) < 4.78 is 0. The third-order valence-corrected chi connectivity index (χ3v) is 5.28. The predicted octanol–water partition coefficient (Wildman–Crippen LogP) is 3.75. The molecule has 1 N–H and O–H groups in total. The summed E-state index contributed by atoms with van der Waals surface area (Å²) in [5, 5.41) is 3.68. The first-order valence-corrected chi connectivity index (χ1v) is 8.40. The van der Waals surface area contributed by atoms with E-state index in [-0.39, 0.29) is 0 Å². The first-order valence-electron chi connectivity index (χ1n) is 7.59. The van der Waals surface area contributed by atoms with Gasteiger partial charge in [-0.2, -0.15) is 0 Å². The largest absolute Gasteiger partial charge is 0.309 e. The molecule has 19 heavy (non-hydrogen) atoms. The second-order valence-corrected chi connectivity index (χ2v) is 7.53. The van der Waals surface area contributed by atoms with Crippen molar-refractivity contribution in [3.8, 4) is 0 Å². The Hall–Kier alpha value is -0.380. The molecule has 2 rings (SSSR count). The normalized spacial score (nSPS) is 19.8. The highest BCUT2D eigenvalue weighted by molar-refractivity contribution is 7.12. The van der Waals surface area contributed by atoms with Gasteiger partial charge in [-0.15, -0.1) is 11.3 Å². The maximum Gasteiger partial charge on any atom is 0.0303 e. The van der Waals surface area contributed by atoms with Crippen molar-refractivity contribution < 1.29 is 0 Å². The van der Waals surface area contributed by atoms with Crippen LogP contribution in [0.3, 0.4) is 0 Å². The van der Waals surface area contributed by atoms with Crippen LogP contribution in [0.2, 0.25) is 0 Å². The Morgan fingerprint density at radius 1 is 1.37 bits per heavy atom. The van der Waals surface area contributed by atoms with Crippen LogP contribution in [0.5, 0.6) is 0 Å². The maximum atomic E-state index is 3.68. The molecule has 0 aliphatic carbocycles. The average Bonchev–Trinajstić information content (AvgIpc) is 2.71. The van der Waals surface area contributed by atoms with Gasteiger partial charge in [-0.05, 0) is 64.3 Å². The van der Waals surface area contributed by atoms with Gasteiger partial charge >= 0.3 is 0 Å². The summed E-state index contributed by atoms with van der Waals surface area (Å²) in [6, 6.07) is 2.81. The van der Waals surface area contributed by atoms with Gasteiger partial charge in [0.05, 0.1) is 0 Å². The topological polar surface area (TPSA) is 15.3 Å². The van der Waals surface area contributed by atoms with E-state index >= 15 is 0 Å². The molecular formula is C16H28N2S. The summed E-state index contributed by atoms with van der Waals surface area (Å²) in [6.07, 6.45) is 2.75. The Morgan fingerprint density at radius 3 is 2.63 bits per heavy atom. The van der Waals surface area contributed by atoms with Crippen LogP contribution in [0.15, 0.2) is 6.07 Å². The number of rotatable bonds is 5. The molecular weight excluding hydrogens is 252 g/mol. The van der Waals surface area contributed by atoms with E-state index in [1.54, 1.807) is 0 Å². The zero-order chi connectivity index (χ0) is 13.8. The first-order chi connectivity index (χ1) is 9.06. The lowest BCUT2D eigenvalue weighted by Crippen LogP contribution is -2.38. The molecule has 2 heterocycles. The van der Waals surface area contributed by atoms with E-state index in [9.17, 15) is 0 Å². The van der Waals surface area contributed by atoms with Crippen LogP contribution < -0.4 is 5.32 Å². The number of piperidine rings is 1. The number of likely N-dealkylation sites (tertiary alicyclic amines) is 1. The van der Waals surface area contributed by atoms with Crippen LogP contribution in [-0.4, -0.2) is 31.1 Å². The van der Waals surface area contributed by atoms with Crippen molar-refractivity contribution in [1.29, 1.82) is 0 Å². The summed E-state index contributed by atoms with van der Waals surface area (Å²) >= 11 is 1.91. The fourth-order valence-electron chi connectivity index (χ4n) is 2.92. The molecule has 1 aliphatic rings. The van der Waals surface area contributed by atoms with E-state index < -0.39 is 0 Å². The standard InChI is InChI=1S/C16H28N2S/c1-12-5-8-18(9-6-12)10-7-17-14(3)16-11-13(2)19-15(16)4/h11-12,14,17H,5-10H2,1-4H3. The third-order valence-electron chi connectivity index (χ3n) is 4.30. The van der Waals surface area contributed by atoms with Gasteiger partial charge in [0.15, 0.2) is 0 Å². The summed E-state index contributed by atoms with van der Waals surface area (Å²) in [4.78, 5) is 5.49. The number of hydrogen-bond donors (Lipinski definition) is 1. The molecule has 1 aliphatic heterocycles. The van der Waals surface area contributed by atoms with Crippen molar-refractivity contribution in [3.05, 3.63) is 21.4 Å². The molecule has 1 fully saturated rings. The minimum absolute atomic E-state index is 0.480. The van der Waals surface area contributed by atoms with Crippen LogP contribution in [0, 0.1) is 19.8 Å². The maximum absolute atomic E-state index is 3.68. The van der Waals surface area contributed by atoms with Crippen molar-refractivity contribution >= 4 is 11.3 Å². The van der Waals surface area contributed by atoms with Gasteiger partial charge in [-0.25, -0.2) is 0 Å². The van der Waals surface area contributed by atoms with E-state index in [1.165, 1.54) is 47.8 Å². The molecule has 0 radical (unpaired) electrons. The Morgan fingerprint density at radius 2 is 2.05 bits per heavy atom. The number of hydrogen-bond acceptors (Lipinski definition) is 3. The molecule has 1 atom stereocenters. The molecule has 0 amide bonds. The number of thiophene rings is 1. The van der Waals surface area contributed by atoms with E-state index in [4.69, 9.17) is 0 Å². The van der Waals surface area contributed by atoms with Gasteiger partial charge < -0.3 is 10.2 Å². The van der Waals surface area contributed by atoms with Crippen LogP contribution in [0.1, 0.15) is 48.0 Å². The number of nitrogens with zero attached hydrogens (tertiary/aromatic N) is 1. The van der Waals surface area contributed by atoms with Gasteiger partial charge in [0.2, 0.25) is 0 Å². The molecule has 108 valence electrons. The van der Waals surface area contributed by atoms with Crippen molar-refractivity contribution in [2.24, 2.45) is 5.92 Å². The third kappa shape index (κ3) is 4.30. The highest BCUT2D eigenvalue weighted by atomic mass is 32.1. The van der Waals surface area contributed by atoms with Crippen molar-refractivity contribution in [2.45, 2.75) is 46.6 Å². The molecule has 0 saturated carbocycles. The van der Waals surface area contributed by atoms with Gasteiger partial charge in [0, 0.05) is 28.9 Å². The highest BCUT2D eigenvalue weighted by Gasteiger charge is 2.16. The summed E-state index contributed by atoms with van der Waals surface area (Å²) in [7, 11) is 0. The quantitative estimate of drug-likeness (QED) is 0.884. The lowest BCUT2D eigenvalue weighted by Gasteiger charge is -2.30. The number of nitrogens with one attached hydrogen (secondary N) is 1. The molecule has 0 bridgehead atoms. The average molecular weight is 280 g/mol. The Kier molecular flexibility index (Phi) is 5.43. The van der Waals surface area contributed by atoms with Crippen LogP contribution in [0.4, 0.5) is 0 Å². The van der Waals surface area contributed by atoms with E-state index in [1.807, 2.05) is 11.3 Å². The van der Waals surface area contributed by atoms with Gasteiger partial charge in [-0.3, -0.25) is 0 Å². The van der Waals surface area contributed by atoms with Crippen LogP contribution in [-0.2, 0) is 0 Å². The second-order valence-electron chi connectivity index (χ2n) is 6.07. The molecule has 1 aromatic rings. The van der Waals surface area contributed by atoms with Gasteiger partial charge in [0.25, 0.3) is 0 Å². The molecule has 1 aromatic heterocycles. The Labute approximate surface area is 122 Å². The zero-order valence-corrected chi connectivity index (χ0v) is 13.6. The molecule has 0 spiro atoms. The number of aryl methyl sites for hydroxylation is 2. The predicted molar refractivity (Wildman–Crippen MR) is 85.0 cm³/mol. The van der Waals surface area contributed by atoms with E-state index in [0.717, 1.165) is 12.5 Å². The minimum atomic E-state index is 0.480. The van der Waals surface area contributed by atoms with Crippen LogP contribution in [0.25, 0.3) is 0 Å². The van der Waals surface area contributed by atoms with E-state index in [2.05, 4.69) is 44.0 Å². The molecule has 0 aromatic carbocycles. The van der Waals surface area contributed by atoms with Gasteiger partial charge in [-0.1, -0.05) is 6.92 Å². The first kappa shape index (κ1) is 15.0. The van der Waals surface area contributed by atoms with Crippen LogP contribution >= 0.6 is 11.3 Å². The highest BCUT2D eigenvalue weighted by Crippen LogP contribution is 2.26. The minimum Gasteiger partial charge on any atom is -0.309 e. The van der Waals surface area contributed by atoms with Gasteiger partial charge in [0.1, 0.15) is 0 Å². The van der Waals surface area contributed by atoms with E-state index in [0.29, 0.717) is 6.04 Å². The molecule has 2 nitrogen and oxygen atoms in total. The lowest BCUT2D eigenvalue weighted by molar-refractivity contribution is 0.191. The summed E-state index contributed by atoms with van der Waals surface area (Å²) in [6.45, 7) is 14.0. The Balaban J connectivity index is 1.72. The SMILES string of the molecule is Cc1cc(C(C)NCCN2CCC(C)CC2)c(C)s1. The monoisotopic (exact) mass is 280 g/mol. The van der Waals surface area contributed by atoms with Crippen molar-refractivity contribution in [3.63, 3.8) is 0 Å². The summed E-state index contributed by atoms with van der Waals surface area (Å²) in [5.41, 5.74) is 1.48. The Bertz CT molecular complexity index is 391. The van der Waals surface area contributed by atoms with Crippen molar-refractivity contribution in [1.82, 2.24) is 10.2 Å². The molecule has 1 saturated heterocycles. The zero-order valence-electron chi connectivity index (χ0n) is 12.8. The lowest BCUT2D eigenvalue weighted by atomic mass is 9.99. The molecule has 1 unspecified atom stereocenters. The fourth-order valence-corrected chi connectivity index (χ4v) is 3.94. The summed E-state index contributed by atoms with van der Waals surface area (Å²) in [5.74, 6) is 0.930. The fraction of sp³-hybridized carbons (Fsp3) is 0.750. The van der Waals surface area contributed by atoms with Crippen molar-refractivity contribution in [2.75, 3.05) is 26.2 Å².